The first-order chi connectivity index (χ1) is 7.27. The molecule has 0 radical (unpaired) electrons. The van der Waals surface area contributed by atoms with Crippen LogP contribution >= 0.6 is 0 Å². The van der Waals surface area contributed by atoms with E-state index in [0.29, 0.717) is 18.5 Å². The minimum absolute atomic E-state index is 0.126. The maximum atomic E-state index is 11.4. The van der Waals surface area contributed by atoms with Crippen molar-refractivity contribution in [2.75, 3.05) is 6.54 Å². The Morgan fingerprint density at radius 1 is 1.47 bits per heavy atom. The number of benzene rings is 1. The van der Waals surface area contributed by atoms with Gasteiger partial charge in [-0.25, -0.2) is 0 Å². The van der Waals surface area contributed by atoms with E-state index >= 15 is 0 Å². The summed E-state index contributed by atoms with van der Waals surface area (Å²) in [5.74, 6) is -0.126. The van der Waals surface area contributed by atoms with Crippen LogP contribution in [0.15, 0.2) is 36.9 Å². The Labute approximate surface area is 89.0 Å². The van der Waals surface area contributed by atoms with Gasteiger partial charge in [0.05, 0.1) is 12.5 Å². The zero-order valence-corrected chi connectivity index (χ0v) is 8.36. The first-order valence-electron chi connectivity index (χ1n) is 4.63. The second kappa shape index (κ2) is 5.61. The lowest BCUT2D eigenvalue weighted by Crippen LogP contribution is -2.23. The van der Waals surface area contributed by atoms with E-state index in [9.17, 15) is 4.79 Å². The van der Waals surface area contributed by atoms with Gasteiger partial charge in [-0.1, -0.05) is 18.2 Å². The zero-order chi connectivity index (χ0) is 11.1. The largest absolute Gasteiger partial charge is 0.349 e. The molecule has 15 heavy (non-hydrogen) atoms. The molecule has 0 aliphatic carbocycles. The van der Waals surface area contributed by atoms with Gasteiger partial charge < -0.3 is 5.32 Å². The second-order valence-corrected chi connectivity index (χ2v) is 3.03. The second-order valence-electron chi connectivity index (χ2n) is 3.03. The molecule has 0 saturated heterocycles. The van der Waals surface area contributed by atoms with Gasteiger partial charge in [-0.05, 0) is 17.7 Å². The topological polar surface area (TPSA) is 52.9 Å². The minimum atomic E-state index is -0.126. The predicted molar refractivity (Wildman–Crippen MR) is 58.3 cm³/mol. The molecule has 1 rings (SSSR count). The predicted octanol–water partition coefficient (Wildman–Crippen LogP) is 1.67. The van der Waals surface area contributed by atoms with Gasteiger partial charge in [0.15, 0.2) is 0 Å². The molecule has 0 fully saturated rings. The van der Waals surface area contributed by atoms with Gasteiger partial charge in [0, 0.05) is 12.1 Å². The van der Waals surface area contributed by atoms with Gasteiger partial charge >= 0.3 is 0 Å². The Bertz CT molecular complexity index is 387. The fourth-order valence-electron chi connectivity index (χ4n) is 1.13. The maximum absolute atomic E-state index is 11.4. The van der Waals surface area contributed by atoms with E-state index in [1.165, 1.54) is 0 Å². The lowest BCUT2D eigenvalue weighted by atomic mass is 10.1. The average Bonchev–Trinajstić information content (AvgIpc) is 2.27. The molecule has 1 aromatic carbocycles. The fourth-order valence-corrected chi connectivity index (χ4v) is 1.13. The van der Waals surface area contributed by atoms with E-state index in [2.05, 4.69) is 18.0 Å². The Morgan fingerprint density at radius 3 is 2.67 bits per heavy atom. The van der Waals surface area contributed by atoms with Gasteiger partial charge in [0.1, 0.15) is 0 Å². The van der Waals surface area contributed by atoms with Crippen molar-refractivity contribution in [1.82, 2.24) is 5.32 Å². The smallest absolute Gasteiger partial charge is 0.251 e. The zero-order valence-electron chi connectivity index (χ0n) is 8.36. The standard InChI is InChI=1S/C12H12N2O/c1-2-9-14-12(15)11-5-3-10(4-6-11)7-8-13/h2-6H,1,7,9H2,(H,14,15). The first-order valence-corrected chi connectivity index (χ1v) is 4.63. The summed E-state index contributed by atoms with van der Waals surface area (Å²) in [6.45, 7) is 3.97. The lowest BCUT2D eigenvalue weighted by molar-refractivity contribution is 0.0958. The van der Waals surface area contributed by atoms with Crippen molar-refractivity contribution in [3.05, 3.63) is 48.0 Å². The van der Waals surface area contributed by atoms with E-state index in [0.717, 1.165) is 5.56 Å². The summed E-state index contributed by atoms with van der Waals surface area (Å²) < 4.78 is 0. The summed E-state index contributed by atoms with van der Waals surface area (Å²) in [6, 6.07) is 9.05. The van der Waals surface area contributed by atoms with E-state index in [1.54, 1.807) is 30.3 Å². The molecule has 0 aromatic heterocycles. The van der Waals surface area contributed by atoms with Gasteiger partial charge in [0.25, 0.3) is 5.91 Å². The lowest BCUT2D eigenvalue weighted by Gasteiger charge is -2.02. The summed E-state index contributed by atoms with van der Waals surface area (Å²) >= 11 is 0. The van der Waals surface area contributed by atoms with Gasteiger partial charge in [-0.15, -0.1) is 6.58 Å². The number of nitrogens with one attached hydrogen (secondary N) is 1. The van der Waals surface area contributed by atoms with Crippen LogP contribution in [0.3, 0.4) is 0 Å². The first kappa shape index (κ1) is 11.0. The highest BCUT2D eigenvalue weighted by Gasteiger charge is 2.02. The molecule has 0 bridgehead atoms. The molecular weight excluding hydrogens is 188 g/mol. The van der Waals surface area contributed by atoms with Crippen LogP contribution in [0.1, 0.15) is 15.9 Å². The molecule has 1 amide bonds. The van der Waals surface area contributed by atoms with Crippen LogP contribution in [-0.4, -0.2) is 12.5 Å². The molecule has 76 valence electrons. The molecule has 0 atom stereocenters. The molecule has 0 aliphatic heterocycles. The summed E-state index contributed by atoms with van der Waals surface area (Å²) in [6.07, 6.45) is 2.00. The quantitative estimate of drug-likeness (QED) is 0.751. The number of nitriles is 1. The molecule has 0 spiro atoms. The van der Waals surface area contributed by atoms with Crippen LogP contribution in [-0.2, 0) is 6.42 Å². The van der Waals surface area contributed by atoms with Crippen molar-refractivity contribution in [2.24, 2.45) is 0 Å². The number of amides is 1. The third kappa shape index (κ3) is 3.28. The van der Waals surface area contributed by atoms with Gasteiger partial charge in [-0.3, -0.25) is 4.79 Å². The van der Waals surface area contributed by atoms with Crippen LogP contribution in [0.25, 0.3) is 0 Å². The average molecular weight is 200 g/mol. The number of carbonyl (C=O) groups is 1. The molecule has 3 nitrogen and oxygen atoms in total. The van der Waals surface area contributed by atoms with E-state index < -0.39 is 0 Å². The SMILES string of the molecule is C=CCNC(=O)c1ccc(CC#N)cc1. The van der Waals surface area contributed by atoms with Crippen molar-refractivity contribution in [1.29, 1.82) is 5.26 Å². The maximum Gasteiger partial charge on any atom is 0.251 e. The summed E-state index contributed by atoms with van der Waals surface area (Å²) in [7, 11) is 0. The van der Waals surface area contributed by atoms with Crippen LogP contribution < -0.4 is 5.32 Å². The van der Waals surface area contributed by atoms with E-state index in [1.807, 2.05) is 0 Å². The van der Waals surface area contributed by atoms with Crippen LogP contribution in [0, 0.1) is 11.3 Å². The summed E-state index contributed by atoms with van der Waals surface area (Å²) in [5.41, 5.74) is 1.51. The van der Waals surface area contributed by atoms with Crippen molar-refractivity contribution < 1.29 is 4.79 Å². The minimum Gasteiger partial charge on any atom is -0.349 e. The normalized spacial score (nSPS) is 9.00. The number of carbonyl (C=O) groups excluding carboxylic acids is 1. The van der Waals surface area contributed by atoms with Crippen LogP contribution in [0.4, 0.5) is 0 Å². The van der Waals surface area contributed by atoms with E-state index in [-0.39, 0.29) is 5.91 Å². The summed E-state index contributed by atoms with van der Waals surface area (Å²) in [4.78, 5) is 11.4. The third-order valence-corrected chi connectivity index (χ3v) is 1.91. The van der Waals surface area contributed by atoms with Crippen molar-refractivity contribution in [3.8, 4) is 6.07 Å². The monoisotopic (exact) mass is 200 g/mol. The molecule has 1 N–H and O–H groups in total. The Hall–Kier alpha value is -2.08. The van der Waals surface area contributed by atoms with E-state index in [4.69, 9.17) is 5.26 Å². The Morgan fingerprint density at radius 2 is 2.13 bits per heavy atom. The van der Waals surface area contributed by atoms with Crippen molar-refractivity contribution in [3.63, 3.8) is 0 Å². The van der Waals surface area contributed by atoms with Gasteiger partial charge in [-0.2, -0.15) is 5.26 Å². The fraction of sp³-hybridized carbons (Fsp3) is 0.167. The Balaban J connectivity index is 2.67. The number of hydrogen-bond acceptors (Lipinski definition) is 2. The van der Waals surface area contributed by atoms with Crippen LogP contribution in [0.2, 0.25) is 0 Å². The van der Waals surface area contributed by atoms with Gasteiger partial charge in [0.2, 0.25) is 0 Å². The third-order valence-electron chi connectivity index (χ3n) is 1.91. The summed E-state index contributed by atoms with van der Waals surface area (Å²) in [5, 5.41) is 11.2. The molecule has 0 saturated carbocycles. The highest BCUT2D eigenvalue weighted by Crippen LogP contribution is 2.04. The molecule has 0 heterocycles. The molecule has 3 heteroatoms. The number of rotatable bonds is 4. The highest BCUT2D eigenvalue weighted by molar-refractivity contribution is 5.94. The molecule has 0 unspecified atom stereocenters. The Kier molecular flexibility index (Phi) is 4.11. The number of nitrogens with zero attached hydrogens (tertiary/aromatic N) is 1. The van der Waals surface area contributed by atoms with Crippen molar-refractivity contribution in [2.45, 2.75) is 6.42 Å². The molecular formula is C12H12N2O. The molecule has 0 aliphatic rings. The van der Waals surface area contributed by atoms with Crippen LogP contribution in [0.5, 0.6) is 0 Å². The molecule has 1 aromatic rings. The highest BCUT2D eigenvalue weighted by atomic mass is 16.1. The van der Waals surface area contributed by atoms with Crippen molar-refractivity contribution >= 4 is 5.91 Å². The number of hydrogen-bond donors (Lipinski definition) is 1.